The summed E-state index contributed by atoms with van der Waals surface area (Å²) < 4.78 is 1.89. The molecule has 17 heavy (non-hydrogen) atoms. The van der Waals surface area contributed by atoms with Crippen molar-refractivity contribution in [1.82, 2.24) is 14.8 Å². The molecule has 1 aromatic carbocycles. The molecule has 0 fully saturated rings. The molecule has 1 heterocycles. The average molecular weight is 231 g/mol. The van der Waals surface area contributed by atoms with E-state index < -0.39 is 0 Å². The van der Waals surface area contributed by atoms with Crippen molar-refractivity contribution < 1.29 is 0 Å². The highest BCUT2D eigenvalue weighted by molar-refractivity contribution is 5.70. The minimum absolute atomic E-state index is 0.0610. The molecule has 1 unspecified atom stereocenters. The zero-order chi connectivity index (χ0) is 12.4. The Morgan fingerprint density at radius 2 is 2.18 bits per heavy atom. The number of nitrogen functional groups attached to an aromatic ring is 1. The second-order valence-corrected chi connectivity index (χ2v) is 4.21. The van der Waals surface area contributed by atoms with Gasteiger partial charge in [0.05, 0.1) is 17.4 Å². The largest absolute Gasteiger partial charge is 0.397 e. The first kappa shape index (κ1) is 11.4. The van der Waals surface area contributed by atoms with E-state index in [1.165, 1.54) is 0 Å². The number of para-hydroxylation sites is 1. The maximum absolute atomic E-state index is 5.96. The summed E-state index contributed by atoms with van der Waals surface area (Å²) in [6, 6.07) is 5.93. The van der Waals surface area contributed by atoms with Crippen molar-refractivity contribution in [2.45, 2.75) is 19.9 Å². The summed E-state index contributed by atoms with van der Waals surface area (Å²) in [6.45, 7) is 4.07. The Morgan fingerprint density at radius 3 is 2.76 bits per heavy atom. The molecule has 0 saturated carbocycles. The van der Waals surface area contributed by atoms with Crippen LogP contribution in [0.4, 0.5) is 11.4 Å². The maximum atomic E-state index is 5.96. The third-order valence-corrected chi connectivity index (χ3v) is 2.80. The van der Waals surface area contributed by atoms with Crippen LogP contribution >= 0.6 is 0 Å². The highest BCUT2D eigenvalue weighted by Crippen LogP contribution is 2.26. The van der Waals surface area contributed by atoms with E-state index in [0.717, 1.165) is 22.8 Å². The Kier molecular flexibility index (Phi) is 2.99. The van der Waals surface area contributed by atoms with Gasteiger partial charge < -0.3 is 15.6 Å². The van der Waals surface area contributed by atoms with E-state index in [1.54, 1.807) is 6.33 Å². The molecule has 90 valence electrons. The Morgan fingerprint density at radius 1 is 1.41 bits per heavy atom. The van der Waals surface area contributed by atoms with Crippen LogP contribution in [0.5, 0.6) is 0 Å². The van der Waals surface area contributed by atoms with E-state index in [-0.39, 0.29) is 6.04 Å². The van der Waals surface area contributed by atoms with E-state index in [9.17, 15) is 0 Å². The summed E-state index contributed by atoms with van der Waals surface area (Å²) in [6.07, 6.45) is 1.69. The zero-order valence-electron chi connectivity index (χ0n) is 10.3. The minimum atomic E-state index is 0.0610. The van der Waals surface area contributed by atoms with Crippen LogP contribution in [0.15, 0.2) is 24.5 Å². The summed E-state index contributed by atoms with van der Waals surface area (Å²) in [4.78, 5) is 0. The molecule has 1 atom stereocenters. The lowest BCUT2D eigenvalue weighted by Crippen LogP contribution is -2.13. The van der Waals surface area contributed by atoms with Crippen molar-refractivity contribution >= 4 is 11.4 Å². The second kappa shape index (κ2) is 4.45. The standard InChI is InChI=1S/C12H17N5/c1-8-5-4-6-10(13)11(8)15-9(2)12-16-14-7-17(12)3/h4-7,9,15H,13H2,1-3H3. The molecule has 5 heteroatoms. The van der Waals surface area contributed by atoms with Gasteiger partial charge in [-0.05, 0) is 25.5 Å². The molecule has 0 saturated heterocycles. The van der Waals surface area contributed by atoms with E-state index in [0.29, 0.717) is 0 Å². The molecular weight excluding hydrogens is 214 g/mol. The van der Waals surface area contributed by atoms with E-state index in [4.69, 9.17) is 5.73 Å². The summed E-state index contributed by atoms with van der Waals surface area (Å²) in [5.74, 6) is 0.882. The van der Waals surface area contributed by atoms with Gasteiger partial charge in [0.15, 0.2) is 5.82 Å². The Bertz CT molecular complexity index is 497. The number of hydrogen-bond donors (Lipinski definition) is 2. The summed E-state index contributed by atoms with van der Waals surface area (Å²) in [5, 5.41) is 11.3. The van der Waals surface area contributed by atoms with Crippen LogP contribution in [0.3, 0.4) is 0 Å². The lowest BCUT2D eigenvalue weighted by molar-refractivity contribution is 0.719. The van der Waals surface area contributed by atoms with Crippen molar-refractivity contribution in [1.29, 1.82) is 0 Å². The number of aryl methyl sites for hydroxylation is 2. The molecule has 1 aromatic heterocycles. The van der Waals surface area contributed by atoms with E-state index in [1.807, 2.05) is 43.7 Å². The lowest BCUT2D eigenvalue weighted by Gasteiger charge is -2.17. The smallest absolute Gasteiger partial charge is 0.154 e. The predicted molar refractivity (Wildman–Crippen MR) is 68.6 cm³/mol. The second-order valence-electron chi connectivity index (χ2n) is 4.21. The number of rotatable bonds is 3. The van der Waals surface area contributed by atoms with Gasteiger partial charge in [-0.1, -0.05) is 12.1 Å². The van der Waals surface area contributed by atoms with Crippen LogP contribution in [-0.2, 0) is 7.05 Å². The number of benzene rings is 1. The molecule has 3 N–H and O–H groups in total. The molecule has 0 radical (unpaired) electrons. The van der Waals surface area contributed by atoms with Gasteiger partial charge >= 0.3 is 0 Å². The molecule has 2 rings (SSSR count). The van der Waals surface area contributed by atoms with Crippen molar-refractivity contribution in [3.63, 3.8) is 0 Å². The molecule has 0 bridgehead atoms. The highest BCUT2D eigenvalue weighted by atomic mass is 15.3. The summed E-state index contributed by atoms with van der Waals surface area (Å²) in [7, 11) is 1.93. The fraction of sp³-hybridized carbons (Fsp3) is 0.333. The predicted octanol–water partition coefficient (Wildman–Crippen LogP) is 1.88. The van der Waals surface area contributed by atoms with Crippen LogP contribution in [0.2, 0.25) is 0 Å². The van der Waals surface area contributed by atoms with Crippen molar-refractivity contribution in [3.8, 4) is 0 Å². The van der Waals surface area contributed by atoms with E-state index >= 15 is 0 Å². The summed E-state index contributed by atoms with van der Waals surface area (Å²) >= 11 is 0. The Labute approximate surface area is 101 Å². The summed E-state index contributed by atoms with van der Waals surface area (Å²) in [5.41, 5.74) is 8.79. The van der Waals surface area contributed by atoms with Crippen molar-refractivity contribution in [3.05, 3.63) is 35.9 Å². The van der Waals surface area contributed by atoms with Gasteiger partial charge in [-0.15, -0.1) is 10.2 Å². The maximum Gasteiger partial charge on any atom is 0.154 e. The third-order valence-electron chi connectivity index (χ3n) is 2.80. The van der Waals surface area contributed by atoms with Crippen LogP contribution < -0.4 is 11.1 Å². The van der Waals surface area contributed by atoms with Gasteiger partial charge in [-0.25, -0.2) is 0 Å². The van der Waals surface area contributed by atoms with Crippen LogP contribution in [-0.4, -0.2) is 14.8 Å². The highest BCUT2D eigenvalue weighted by Gasteiger charge is 2.13. The molecule has 5 nitrogen and oxygen atoms in total. The number of aromatic nitrogens is 3. The number of nitrogens with zero attached hydrogens (tertiary/aromatic N) is 3. The monoisotopic (exact) mass is 231 g/mol. The Balaban J connectivity index is 2.25. The fourth-order valence-corrected chi connectivity index (χ4v) is 1.85. The average Bonchev–Trinajstić information content (AvgIpc) is 2.70. The minimum Gasteiger partial charge on any atom is -0.397 e. The molecule has 0 amide bonds. The normalized spacial score (nSPS) is 12.4. The number of hydrogen-bond acceptors (Lipinski definition) is 4. The Hall–Kier alpha value is -2.04. The first-order valence-electron chi connectivity index (χ1n) is 5.55. The molecule has 0 spiro atoms. The number of nitrogens with two attached hydrogens (primary N) is 1. The molecule has 2 aromatic rings. The topological polar surface area (TPSA) is 68.8 Å². The van der Waals surface area contributed by atoms with Gasteiger partial charge in [-0.3, -0.25) is 0 Å². The fourth-order valence-electron chi connectivity index (χ4n) is 1.85. The number of nitrogens with one attached hydrogen (secondary N) is 1. The third kappa shape index (κ3) is 2.22. The van der Waals surface area contributed by atoms with Gasteiger partial charge in [0.1, 0.15) is 6.33 Å². The van der Waals surface area contributed by atoms with Crippen molar-refractivity contribution in [2.24, 2.45) is 7.05 Å². The van der Waals surface area contributed by atoms with E-state index in [2.05, 4.69) is 15.5 Å². The number of anilines is 2. The molecule has 0 aliphatic rings. The van der Waals surface area contributed by atoms with Crippen LogP contribution in [0, 0.1) is 6.92 Å². The lowest BCUT2D eigenvalue weighted by atomic mass is 10.1. The SMILES string of the molecule is Cc1cccc(N)c1NC(C)c1nncn1C. The van der Waals surface area contributed by atoms with Crippen LogP contribution in [0.25, 0.3) is 0 Å². The van der Waals surface area contributed by atoms with Gasteiger partial charge in [0, 0.05) is 7.05 Å². The first-order valence-corrected chi connectivity index (χ1v) is 5.55. The molecule has 0 aliphatic heterocycles. The van der Waals surface area contributed by atoms with Crippen molar-refractivity contribution in [2.75, 3.05) is 11.1 Å². The quantitative estimate of drug-likeness (QED) is 0.791. The van der Waals surface area contributed by atoms with Gasteiger partial charge in [0.25, 0.3) is 0 Å². The molecular formula is C12H17N5. The molecule has 0 aliphatic carbocycles. The van der Waals surface area contributed by atoms with Gasteiger partial charge in [-0.2, -0.15) is 0 Å². The first-order chi connectivity index (χ1) is 8.09. The zero-order valence-corrected chi connectivity index (χ0v) is 10.3. The van der Waals surface area contributed by atoms with Crippen LogP contribution in [0.1, 0.15) is 24.4 Å². The van der Waals surface area contributed by atoms with Gasteiger partial charge in [0.2, 0.25) is 0 Å².